The van der Waals surface area contributed by atoms with E-state index >= 15 is 0 Å². The Bertz CT molecular complexity index is 929. The number of amides is 1. The molecule has 1 amide bonds. The van der Waals surface area contributed by atoms with E-state index in [9.17, 15) is 9.18 Å². The fourth-order valence-electron chi connectivity index (χ4n) is 3.12. The maximum absolute atomic E-state index is 13.0. The second-order valence-corrected chi connectivity index (χ2v) is 6.54. The number of halogens is 1. The molecule has 3 aromatic rings. The van der Waals surface area contributed by atoms with E-state index in [1.807, 2.05) is 4.90 Å². The molecule has 1 aliphatic rings. The van der Waals surface area contributed by atoms with Crippen molar-refractivity contribution in [3.63, 3.8) is 0 Å². The molecule has 9 nitrogen and oxygen atoms in total. The number of carbonyl (C=O) groups excluding carboxylic acids is 1. The van der Waals surface area contributed by atoms with Gasteiger partial charge >= 0.3 is 0 Å². The van der Waals surface area contributed by atoms with Crippen LogP contribution in [0.1, 0.15) is 36.0 Å². The average Bonchev–Trinajstić information content (AvgIpc) is 3.32. The predicted molar refractivity (Wildman–Crippen MR) is 90.4 cm³/mol. The van der Waals surface area contributed by atoms with Crippen molar-refractivity contribution in [2.75, 3.05) is 13.1 Å². The third kappa shape index (κ3) is 3.69. The van der Waals surface area contributed by atoms with Crippen LogP contribution >= 0.6 is 0 Å². The van der Waals surface area contributed by atoms with E-state index < -0.39 is 0 Å². The molecule has 0 radical (unpaired) electrons. The van der Waals surface area contributed by atoms with Gasteiger partial charge in [0.2, 0.25) is 5.91 Å². The van der Waals surface area contributed by atoms with E-state index in [0.717, 1.165) is 12.8 Å². The molecule has 1 fully saturated rings. The maximum atomic E-state index is 13.0. The molecule has 140 valence electrons. The number of hydrogen-bond donors (Lipinski definition) is 0. The van der Waals surface area contributed by atoms with Gasteiger partial charge < -0.3 is 4.90 Å². The summed E-state index contributed by atoms with van der Waals surface area (Å²) in [4.78, 5) is 15.6. The minimum atomic E-state index is -0.312. The Kier molecular flexibility index (Phi) is 4.61. The van der Waals surface area contributed by atoms with Crippen LogP contribution in [-0.2, 0) is 11.2 Å². The molecular formula is C17H18FN7O2. The molecule has 3 heterocycles. The van der Waals surface area contributed by atoms with E-state index in [1.165, 1.54) is 16.9 Å². The lowest BCUT2D eigenvalue weighted by Crippen LogP contribution is -2.39. The van der Waals surface area contributed by atoms with Crippen LogP contribution in [0, 0.1) is 12.7 Å². The highest BCUT2D eigenvalue weighted by Gasteiger charge is 2.27. The van der Waals surface area contributed by atoms with Gasteiger partial charge in [-0.25, -0.2) is 9.02 Å². The smallest absolute Gasteiger partial charge is 0.228 e. The van der Waals surface area contributed by atoms with E-state index in [4.69, 9.17) is 0 Å². The number of rotatable bonds is 4. The standard InChI is InChI=1S/C17H18FN7O2/c1-11-15(22-27-21-11)10-16(26)24-8-6-12(7-9-24)17-19-23-25(20-17)14-4-2-13(18)3-5-14/h2-5,12H,6-10H2,1H3. The number of piperidine rings is 1. The number of aromatic nitrogens is 6. The molecule has 10 heteroatoms. The summed E-state index contributed by atoms with van der Waals surface area (Å²) >= 11 is 0. The van der Waals surface area contributed by atoms with Crippen molar-refractivity contribution in [3.8, 4) is 5.69 Å². The fourth-order valence-corrected chi connectivity index (χ4v) is 3.12. The molecule has 0 atom stereocenters. The number of hydrogen-bond acceptors (Lipinski definition) is 7. The topological polar surface area (TPSA) is 103 Å². The molecule has 0 aliphatic carbocycles. The van der Waals surface area contributed by atoms with Crippen LogP contribution in [0.25, 0.3) is 5.69 Å². The van der Waals surface area contributed by atoms with Gasteiger partial charge in [-0.1, -0.05) is 10.3 Å². The fraction of sp³-hybridized carbons (Fsp3) is 0.412. The zero-order chi connectivity index (χ0) is 18.8. The Hall–Kier alpha value is -3.17. The highest BCUT2D eigenvalue weighted by molar-refractivity contribution is 5.78. The van der Waals surface area contributed by atoms with Crippen molar-refractivity contribution in [2.24, 2.45) is 0 Å². The summed E-state index contributed by atoms with van der Waals surface area (Å²) in [6.07, 6.45) is 1.72. The molecule has 2 aromatic heterocycles. The van der Waals surface area contributed by atoms with Crippen molar-refractivity contribution >= 4 is 5.91 Å². The Morgan fingerprint density at radius 3 is 2.63 bits per heavy atom. The van der Waals surface area contributed by atoms with Crippen molar-refractivity contribution in [1.29, 1.82) is 0 Å². The lowest BCUT2D eigenvalue weighted by Gasteiger charge is -2.30. The first kappa shape index (κ1) is 17.3. The molecule has 0 saturated carbocycles. The number of tetrazole rings is 1. The van der Waals surface area contributed by atoms with Gasteiger partial charge in [-0.2, -0.15) is 0 Å². The molecule has 0 bridgehead atoms. The van der Waals surface area contributed by atoms with Crippen LogP contribution in [0.3, 0.4) is 0 Å². The highest BCUT2D eigenvalue weighted by atomic mass is 19.1. The van der Waals surface area contributed by atoms with Gasteiger partial charge in [0.1, 0.15) is 17.2 Å². The largest absolute Gasteiger partial charge is 0.342 e. The lowest BCUT2D eigenvalue weighted by molar-refractivity contribution is -0.131. The molecule has 0 unspecified atom stereocenters. The first-order chi connectivity index (χ1) is 13.1. The first-order valence-corrected chi connectivity index (χ1v) is 8.72. The summed E-state index contributed by atoms with van der Waals surface area (Å²) in [5.74, 6) is 0.476. The second kappa shape index (κ2) is 7.22. The SMILES string of the molecule is Cc1nonc1CC(=O)N1CCC(c2nnn(-c3ccc(F)cc3)n2)CC1. The predicted octanol–water partition coefficient (Wildman–Crippen LogP) is 1.44. The van der Waals surface area contributed by atoms with Crippen molar-refractivity contribution < 1.29 is 13.8 Å². The molecular weight excluding hydrogens is 353 g/mol. The number of nitrogens with zero attached hydrogens (tertiary/aromatic N) is 7. The molecule has 1 saturated heterocycles. The zero-order valence-electron chi connectivity index (χ0n) is 14.7. The quantitative estimate of drug-likeness (QED) is 0.684. The van der Waals surface area contributed by atoms with E-state index in [-0.39, 0.29) is 24.1 Å². The molecule has 27 heavy (non-hydrogen) atoms. The molecule has 4 rings (SSSR count). The minimum absolute atomic E-state index is 0.00942. The lowest BCUT2D eigenvalue weighted by atomic mass is 9.96. The highest BCUT2D eigenvalue weighted by Crippen LogP contribution is 2.25. The summed E-state index contributed by atoms with van der Waals surface area (Å²) in [6, 6.07) is 5.91. The monoisotopic (exact) mass is 371 g/mol. The van der Waals surface area contributed by atoms with Crippen molar-refractivity contribution in [2.45, 2.75) is 32.1 Å². The number of carbonyl (C=O) groups is 1. The average molecular weight is 371 g/mol. The summed E-state index contributed by atoms with van der Waals surface area (Å²) < 4.78 is 17.7. The van der Waals surface area contributed by atoms with Crippen LogP contribution in [0.4, 0.5) is 4.39 Å². The van der Waals surface area contributed by atoms with Gasteiger partial charge in [0.25, 0.3) is 0 Å². The summed E-state index contributed by atoms with van der Waals surface area (Å²) in [7, 11) is 0. The summed E-state index contributed by atoms with van der Waals surface area (Å²) in [5, 5.41) is 20.1. The van der Waals surface area contributed by atoms with Crippen LogP contribution in [0.15, 0.2) is 28.9 Å². The van der Waals surface area contributed by atoms with Crippen LogP contribution in [-0.4, -0.2) is 54.4 Å². The molecule has 1 aliphatic heterocycles. The maximum Gasteiger partial charge on any atom is 0.228 e. The third-order valence-electron chi connectivity index (χ3n) is 4.76. The van der Waals surface area contributed by atoms with Crippen LogP contribution in [0.5, 0.6) is 0 Å². The van der Waals surface area contributed by atoms with Crippen LogP contribution in [0.2, 0.25) is 0 Å². The Morgan fingerprint density at radius 1 is 1.22 bits per heavy atom. The Balaban J connectivity index is 1.36. The normalized spacial score (nSPS) is 15.3. The number of aryl methyl sites for hydroxylation is 1. The first-order valence-electron chi connectivity index (χ1n) is 8.72. The van der Waals surface area contributed by atoms with Gasteiger partial charge in [-0.3, -0.25) is 4.79 Å². The number of benzene rings is 1. The molecule has 0 spiro atoms. The van der Waals surface area contributed by atoms with E-state index in [0.29, 0.717) is 36.0 Å². The summed E-state index contributed by atoms with van der Waals surface area (Å²) in [6.45, 7) is 3.01. The Morgan fingerprint density at radius 2 is 1.96 bits per heavy atom. The van der Waals surface area contributed by atoms with Crippen molar-refractivity contribution in [3.05, 3.63) is 47.3 Å². The Labute approximate surface area is 154 Å². The zero-order valence-corrected chi connectivity index (χ0v) is 14.7. The van der Waals surface area contributed by atoms with Gasteiger partial charge in [0.05, 0.1) is 12.1 Å². The van der Waals surface area contributed by atoms with Gasteiger partial charge in [-0.05, 0) is 49.2 Å². The minimum Gasteiger partial charge on any atom is -0.342 e. The van der Waals surface area contributed by atoms with Crippen LogP contribution < -0.4 is 0 Å². The van der Waals surface area contributed by atoms with E-state index in [2.05, 4.69) is 30.4 Å². The van der Waals surface area contributed by atoms with Crippen molar-refractivity contribution in [1.82, 2.24) is 35.4 Å². The van der Waals surface area contributed by atoms with E-state index in [1.54, 1.807) is 19.1 Å². The van der Waals surface area contributed by atoms with Gasteiger partial charge in [-0.15, -0.1) is 15.0 Å². The second-order valence-electron chi connectivity index (χ2n) is 6.54. The summed E-state index contributed by atoms with van der Waals surface area (Å²) in [5.41, 5.74) is 1.87. The number of likely N-dealkylation sites (tertiary alicyclic amines) is 1. The third-order valence-corrected chi connectivity index (χ3v) is 4.76. The molecule has 0 N–H and O–H groups in total. The van der Waals surface area contributed by atoms with Gasteiger partial charge in [0, 0.05) is 19.0 Å². The van der Waals surface area contributed by atoms with Gasteiger partial charge in [0.15, 0.2) is 5.82 Å². The molecule has 1 aromatic carbocycles.